The van der Waals surface area contributed by atoms with E-state index in [9.17, 15) is 0 Å². The maximum Gasteiger partial charge on any atom is 0.341 e. The molecule has 0 saturated heterocycles. The number of halogens is 1. The number of guanidine groups is 1. The molecule has 3 nitrogen and oxygen atoms in total. The number of nitrogens with zero attached hydrogens (tertiary/aromatic N) is 1. The van der Waals surface area contributed by atoms with E-state index in [1.54, 1.807) is 16.7 Å². The van der Waals surface area contributed by atoms with Crippen molar-refractivity contribution in [1.82, 2.24) is 0 Å². The predicted molar refractivity (Wildman–Crippen MR) is 43.8 cm³/mol. The second-order valence-corrected chi connectivity index (χ2v) is 1.91. The van der Waals surface area contributed by atoms with Crippen LogP contribution in [-0.2, 0) is 0 Å². The third-order valence-corrected chi connectivity index (χ3v) is 1.06. The van der Waals surface area contributed by atoms with Crippen LogP contribution in [0.5, 0.6) is 0 Å². The minimum Gasteiger partial charge on any atom is -1.00 e. The summed E-state index contributed by atoms with van der Waals surface area (Å²) in [6.45, 7) is 8.45. The van der Waals surface area contributed by atoms with Crippen LogP contribution in [0.1, 0.15) is 0 Å². The molecule has 0 rings (SSSR count). The smallest absolute Gasteiger partial charge is 0.341 e. The summed E-state index contributed by atoms with van der Waals surface area (Å²) in [4.78, 5) is 0. The van der Waals surface area contributed by atoms with Crippen molar-refractivity contribution in [2.75, 3.05) is 13.1 Å². The normalized spacial score (nSPS) is 7.64. The molecule has 64 valence electrons. The minimum absolute atomic E-state index is 0. The van der Waals surface area contributed by atoms with Gasteiger partial charge in [-0.15, -0.1) is 0 Å². The number of rotatable bonds is 4. The summed E-state index contributed by atoms with van der Waals surface area (Å²) in [5.74, 6) is 0.305. The summed E-state index contributed by atoms with van der Waals surface area (Å²) in [7, 11) is 0. The van der Waals surface area contributed by atoms with E-state index in [0.717, 1.165) is 0 Å². The average Bonchev–Trinajstić information content (AvgIpc) is 1.87. The molecule has 0 fully saturated rings. The lowest BCUT2D eigenvalue weighted by molar-refractivity contribution is -0.509. The fourth-order valence-corrected chi connectivity index (χ4v) is 0.597. The number of hydrogen-bond acceptors (Lipinski definition) is 0. The van der Waals surface area contributed by atoms with Gasteiger partial charge in [0.15, 0.2) is 0 Å². The van der Waals surface area contributed by atoms with Crippen molar-refractivity contribution in [2.24, 2.45) is 11.5 Å². The highest BCUT2D eigenvalue weighted by molar-refractivity contribution is 5.70. The van der Waals surface area contributed by atoms with Crippen LogP contribution >= 0.6 is 0 Å². The summed E-state index contributed by atoms with van der Waals surface area (Å²) in [5, 5.41) is 0. The summed E-state index contributed by atoms with van der Waals surface area (Å²) < 4.78 is 1.76. The second-order valence-electron chi connectivity index (χ2n) is 1.91. The lowest BCUT2D eigenvalue weighted by atomic mass is 10.5. The third-order valence-electron chi connectivity index (χ3n) is 1.06. The first kappa shape index (κ1) is 12.7. The SMILES string of the molecule is C=CC[N+](CC=C)=C(N)N.[Cl-]. The highest BCUT2D eigenvalue weighted by Crippen LogP contribution is 1.75. The molecule has 0 heterocycles. The predicted octanol–water partition coefficient (Wildman–Crippen LogP) is -3.35. The van der Waals surface area contributed by atoms with E-state index in [4.69, 9.17) is 11.5 Å². The van der Waals surface area contributed by atoms with Crippen molar-refractivity contribution in [2.45, 2.75) is 0 Å². The lowest BCUT2D eigenvalue weighted by Crippen LogP contribution is -3.00. The van der Waals surface area contributed by atoms with Crippen LogP contribution in [-0.4, -0.2) is 23.6 Å². The zero-order valence-corrected chi connectivity index (χ0v) is 7.22. The van der Waals surface area contributed by atoms with E-state index in [0.29, 0.717) is 19.0 Å². The number of nitrogens with two attached hydrogens (primary N) is 2. The maximum absolute atomic E-state index is 5.33. The highest BCUT2D eigenvalue weighted by atomic mass is 35.5. The van der Waals surface area contributed by atoms with Gasteiger partial charge in [-0.2, -0.15) is 0 Å². The van der Waals surface area contributed by atoms with E-state index in [1.165, 1.54) is 0 Å². The Balaban J connectivity index is 0. The first-order valence-electron chi connectivity index (χ1n) is 3.07. The van der Waals surface area contributed by atoms with Crippen molar-refractivity contribution in [3.63, 3.8) is 0 Å². The first-order valence-corrected chi connectivity index (χ1v) is 3.07. The quantitative estimate of drug-likeness (QED) is 0.203. The molecule has 0 unspecified atom stereocenters. The molecule has 0 bridgehead atoms. The van der Waals surface area contributed by atoms with Crippen LogP contribution in [0.25, 0.3) is 0 Å². The van der Waals surface area contributed by atoms with Gasteiger partial charge in [0.05, 0.1) is 13.1 Å². The van der Waals surface area contributed by atoms with Gasteiger partial charge in [0.25, 0.3) is 0 Å². The largest absolute Gasteiger partial charge is 1.00 e. The molecule has 0 aromatic heterocycles. The molecule has 0 aromatic rings. The van der Waals surface area contributed by atoms with Crippen molar-refractivity contribution in [3.8, 4) is 0 Å². The lowest BCUT2D eigenvalue weighted by Gasteiger charge is -2.01. The monoisotopic (exact) mass is 175 g/mol. The van der Waals surface area contributed by atoms with Crippen molar-refractivity contribution >= 4 is 5.96 Å². The van der Waals surface area contributed by atoms with Gasteiger partial charge in [-0.3, -0.25) is 16.0 Å². The molecular formula is C7H14ClN3. The molecule has 0 atom stereocenters. The van der Waals surface area contributed by atoms with Crippen LogP contribution < -0.4 is 23.9 Å². The summed E-state index contributed by atoms with van der Waals surface area (Å²) in [6, 6.07) is 0. The maximum atomic E-state index is 5.33. The van der Waals surface area contributed by atoms with Crippen LogP contribution in [0, 0.1) is 0 Å². The molecule has 0 amide bonds. The molecule has 0 saturated carbocycles. The first-order chi connectivity index (χ1) is 4.72. The molecule has 4 N–H and O–H groups in total. The van der Waals surface area contributed by atoms with Crippen molar-refractivity contribution in [3.05, 3.63) is 25.3 Å². The second kappa shape index (κ2) is 7.15. The molecular weight excluding hydrogens is 162 g/mol. The Kier molecular flexibility index (Phi) is 8.25. The summed E-state index contributed by atoms with van der Waals surface area (Å²) >= 11 is 0. The van der Waals surface area contributed by atoms with Gasteiger partial charge in [-0.1, -0.05) is 25.3 Å². The zero-order chi connectivity index (χ0) is 7.98. The van der Waals surface area contributed by atoms with E-state index >= 15 is 0 Å². The average molecular weight is 176 g/mol. The zero-order valence-electron chi connectivity index (χ0n) is 6.46. The van der Waals surface area contributed by atoms with Gasteiger partial charge in [0, 0.05) is 0 Å². The Morgan fingerprint density at radius 2 is 1.55 bits per heavy atom. The van der Waals surface area contributed by atoms with E-state index in [2.05, 4.69) is 13.2 Å². The summed E-state index contributed by atoms with van der Waals surface area (Å²) in [6.07, 6.45) is 3.48. The highest BCUT2D eigenvalue weighted by Gasteiger charge is 1.96. The van der Waals surface area contributed by atoms with Crippen LogP contribution in [0.15, 0.2) is 25.3 Å². The Morgan fingerprint density at radius 3 is 1.73 bits per heavy atom. The van der Waals surface area contributed by atoms with E-state index < -0.39 is 0 Å². The van der Waals surface area contributed by atoms with Crippen molar-refractivity contribution < 1.29 is 17.0 Å². The molecule has 11 heavy (non-hydrogen) atoms. The van der Waals surface area contributed by atoms with E-state index in [-0.39, 0.29) is 12.4 Å². The van der Waals surface area contributed by atoms with Gasteiger partial charge in [0.1, 0.15) is 0 Å². The standard InChI is InChI=1S/C7H13N3.ClH/c1-3-5-10(6-4-2)7(8)9;/h3-4H,1-2,5-6H2,(H3,8,9);1H. The molecule has 0 radical (unpaired) electrons. The third kappa shape index (κ3) is 5.48. The van der Waals surface area contributed by atoms with Gasteiger partial charge < -0.3 is 12.4 Å². The Hall–Kier alpha value is -0.960. The van der Waals surface area contributed by atoms with E-state index in [1.807, 2.05) is 0 Å². The molecule has 0 aliphatic rings. The molecule has 0 spiro atoms. The fraction of sp³-hybridized carbons (Fsp3) is 0.286. The molecule has 0 aromatic carbocycles. The van der Waals surface area contributed by atoms with Crippen LogP contribution in [0.4, 0.5) is 0 Å². The van der Waals surface area contributed by atoms with Crippen molar-refractivity contribution in [1.29, 1.82) is 0 Å². The fourth-order valence-electron chi connectivity index (χ4n) is 0.597. The van der Waals surface area contributed by atoms with Crippen LogP contribution in [0.3, 0.4) is 0 Å². The Labute approximate surface area is 73.5 Å². The summed E-state index contributed by atoms with van der Waals surface area (Å²) in [5.41, 5.74) is 10.7. The van der Waals surface area contributed by atoms with Crippen LogP contribution in [0.2, 0.25) is 0 Å². The number of hydrogen-bond donors (Lipinski definition) is 2. The Morgan fingerprint density at radius 1 is 1.18 bits per heavy atom. The topological polar surface area (TPSA) is 55.0 Å². The molecule has 0 aliphatic heterocycles. The Bertz CT molecular complexity index is 147. The van der Waals surface area contributed by atoms with Gasteiger partial charge in [0.2, 0.25) is 0 Å². The minimum atomic E-state index is 0. The van der Waals surface area contributed by atoms with Gasteiger partial charge >= 0.3 is 5.96 Å². The van der Waals surface area contributed by atoms with Gasteiger partial charge in [-0.25, -0.2) is 0 Å². The molecule has 0 aliphatic carbocycles. The molecule has 4 heteroatoms. The van der Waals surface area contributed by atoms with Gasteiger partial charge in [-0.05, 0) is 0 Å².